The number of carbonyl (C=O) groups excluding carboxylic acids is 5. The molecule has 14 heteroatoms. The number of nitrogens with two attached hydrogens (primary N) is 4. The normalized spacial score (nSPS) is 14.3. The lowest BCUT2D eigenvalue weighted by Crippen LogP contribution is -2.58. The molecule has 0 aliphatic rings. The SMILES string of the molecule is CC(C)CC(NC(=O)C(CC(N)=O)NC(=O)C(N)CCC(N)=O)C(=O)NC(CCCCN)C(=O)O. The first-order valence-corrected chi connectivity index (χ1v) is 11.4. The number of nitrogens with one attached hydrogen (secondary N) is 3. The second-order valence-electron chi connectivity index (χ2n) is 8.72. The van der Waals surface area contributed by atoms with Gasteiger partial charge in [-0.2, -0.15) is 0 Å². The summed E-state index contributed by atoms with van der Waals surface area (Å²) in [5.74, 6) is -5.28. The number of amides is 5. The minimum Gasteiger partial charge on any atom is -0.480 e. The van der Waals surface area contributed by atoms with Gasteiger partial charge in [0.2, 0.25) is 29.5 Å². The van der Waals surface area contributed by atoms with Crippen molar-refractivity contribution in [1.82, 2.24) is 16.0 Å². The summed E-state index contributed by atoms with van der Waals surface area (Å²) in [6.07, 6.45) is 0.567. The molecule has 0 aromatic heterocycles. The average Bonchev–Trinajstić information content (AvgIpc) is 2.74. The topological polar surface area (TPSA) is 263 Å². The highest BCUT2D eigenvalue weighted by Gasteiger charge is 2.31. The van der Waals surface area contributed by atoms with Gasteiger partial charge < -0.3 is 44.0 Å². The molecule has 12 N–H and O–H groups in total. The maximum atomic E-state index is 12.9. The molecule has 14 nitrogen and oxygen atoms in total. The monoisotopic (exact) mass is 501 g/mol. The second-order valence-corrected chi connectivity index (χ2v) is 8.72. The van der Waals surface area contributed by atoms with Crippen LogP contribution >= 0.6 is 0 Å². The summed E-state index contributed by atoms with van der Waals surface area (Å²) in [5, 5.41) is 16.6. The van der Waals surface area contributed by atoms with Crippen molar-refractivity contribution in [2.24, 2.45) is 28.9 Å². The number of aliphatic carboxylic acids is 1. The third-order valence-corrected chi connectivity index (χ3v) is 4.98. The molecule has 0 saturated carbocycles. The first kappa shape index (κ1) is 31.7. The molecule has 0 heterocycles. The van der Waals surface area contributed by atoms with Crippen LogP contribution in [0, 0.1) is 5.92 Å². The van der Waals surface area contributed by atoms with Gasteiger partial charge in [-0.15, -0.1) is 0 Å². The molecule has 0 fully saturated rings. The van der Waals surface area contributed by atoms with Crippen molar-refractivity contribution >= 4 is 35.5 Å². The molecule has 0 bridgehead atoms. The average molecular weight is 502 g/mol. The summed E-state index contributed by atoms with van der Waals surface area (Å²) in [7, 11) is 0. The van der Waals surface area contributed by atoms with Crippen molar-refractivity contribution in [3.05, 3.63) is 0 Å². The lowest BCUT2D eigenvalue weighted by atomic mass is 10.0. The van der Waals surface area contributed by atoms with Crippen molar-refractivity contribution in [1.29, 1.82) is 0 Å². The van der Waals surface area contributed by atoms with Crippen LogP contribution in [0.4, 0.5) is 0 Å². The van der Waals surface area contributed by atoms with Gasteiger partial charge in [-0.3, -0.25) is 24.0 Å². The van der Waals surface area contributed by atoms with Gasteiger partial charge in [0.15, 0.2) is 0 Å². The lowest BCUT2D eigenvalue weighted by molar-refractivity contribution is -0.142. The highest BCUT2D eigenvalue weighted by Crippen LogP contribution is 2.08. The Balaban J connectivity index is 5.45. The fourth-order valence-corrected chi connectivity index (χ4v) is 3.12. The standard InChI is InChI=1S/C21H39N7O7/c1-11(2)9-14(19(32)26-13(21(34)35)5-3-4-8-22)28-20(33)15(10-17(25)30)27-18(31)12(23)6-7-16(24)29/h11-15H,3-10,22-23H2,1-2H3,(H2,24,29)(H2,25,30)(H,26,32)(H,27,31)(H,28,33)(H,34,35). The summed E-state index contributed by atoms with van der Waals surface area (Å²) in [5.41, 5.74) is 21.3. The molecule has 0 spiro atoms. The minimum atomic E-state index is -1.44. The minimum absolute atomic E-state index is 0.0713. The summed E-state index contributed by atoms with van der Waals surface area (Å²) >= 11 is 0. The van der Waals surface area contributed by atoms with Gasteiger partial charge in [0.1, 0.15) is 18.1 Å². The van der Waals surface area contributed by atoms with E-state index in [1.807, 2.05) is 0 Å². The van der Waals surface area contributed by atoms with Crippen LogP contribution in [0.5, 0.6) is 0 Å². The van der Waals surface area contributed by atoms with Gasteiger partial charge >= 0.3 is 5.97 Å². The van der Waals surface area contributed by atoms with E-state index < -0.39 is 66.1 Å². The van der Waals surface area contributed by atoms with E-state index in [1.165, 1.54) is 0 Å². The zero-order valence-electron chi connectivity index (χ0n) is 20.2. The van der Waals surface area contributed by atoms with Crippen LogP contribution in [0.1, 0.15) is 58.8 Å². The van der Waals surface area contributed by atoms with Crippen LogP contribution < -0.4 is 38.9 Å². The third-order valence-electron chi connectivity index (χ3n) is 4.98. The predicted octanol–water partition coefficient (Wildman–Crippen LogP) is -2.83. The molecule has 4 atom stereocenters. The van der Waals surface area contributed by atoms with Gasteiger partial charge in [-0.25, -0.2) is 4.79 Å². The number of carbonyl (C=O) groups is 6. The molecule has 0 saturated heterocycles. The Kier molecular flexibility index (Phi) is 14.9. The molecule has 0 aliphatic carbocycles. The molecular weight excluding hydrogens is 462 g/mol. The molecule has 5 amide bonds. The molecule has 0 rings (SSSR count). The number of hydrogen-bond donors (Lipinski definition) is 8. The zero-order chi connectivity index (χ0) is 27.1. The van der Waals surface area contributed by atoms with Crippen LogP contribution in [0.2, 0.25) is 0 Å². The number of primary amides is 2. The van der Waals surface area contributed by atoms with Crippen LogP contribution in [-0.4, -0.2) is 71.3 Å². The van der Waals surface area contributed by atoms with Crippen molar-refractivity contribution in [3.8, 4) is 0 Å². The Morgan fingerprint density at radius 1 is 0.771 bits per heavy atom. The van der Waals surface area contributed by atoms with E-state index in [-0.39, 0.29) is 31.6 Å². The Bertz CT molecular complexity index is 760. The van der Waals surface area contributed by atoms with Crippen molar-refractivity contribution in [3.63, 3.8) is 0 Å². The van der Waals surface area contributed by atoms with E-state index >= 15 is 0 Å². The van der Waals surface area contributed by atoms with Crippen molar-refractivity contribution < 1.29 is 33.9 Å². The summed E-state index contributed by atoms with van der Waals surface area (Å²) in [6.45, 7) is 3.97. The Morgan fingerprint density at radius 3 is 1.80 bits per heavy atom. The molecule has 35 heavy (non-hydrogen) atoms. The first-order valence-electron chi connectivity index (χ1n) is 11.4. The number of carboxylic acid groups (broad SMARTS) is 1. The largest absolute Gasteiger partial charge is 0.480 e. The molecule has 4 unspecified atom stereocenters. The number of carboxylic acids is 1. The molecule has 0 aromatic rings. The van der Waals surface area contributed by atoms with Gasteiger partial charge in [0, 0.05) is 6.42 Å². The van der Waals surface area contributed by atoms with Crippen LogP contribution in [0.25, 0.3) is 0 Å². The molecule has 0 radical (unpaired) electrons. The van der Waals surface area contributed by atoms with E-state index in [4.69, 9.17) is 22.9 Å². The maximum absolute atomic E-state index is 12.9. The second kappa shape index (κ2) is 16.4. The van der Waals surface area contributed by atoms with Gasteiger partial charge in [-0.05, 0) is 44.6 Å². The van der Waals surface area contributed by atoms with Gasteiger partial charge in [-0.1, -0.05) is 13.8 Å². The van der Waals surface area contributed by atoms with Crippen LogP contribution in [0.3, 0.4) is 0 Å². The smallest absolute Gasteiger partial charge is 0.326 e. The van der Waals surface area contributed by atoms with Crippen molar-refractivity contribution in [2.75, 3.05) is 6.54 Å². The lowest BCUT2D eigenvalue weighted by Gasteiger charge is -2.25. The maximum Gasteiger partial charge on any atom is 0.326 e. The van der Waals surface area contributed by atoms with E-state index in [2.05, 4.69) is 16.0 Å². The molecule has 0 aliphatic heterocycles. The molecule has 200 valence electrons. The Morgan fingerprint density at radius 2 is 1.31 bits per heavy atom. The Hall–Kier alpha value is -3.26. The van der Waals surface area contributed by atoms with E-state index in [0.717, 1.165) is 0 Å². The number of hydrogen-bond acceptors (Lipinski definition) is 8. The fraction of sp³-hybridized carbons (Fsp3) is 0.714. The highest BCUT2D eigenvalue weighted by molar-refractivity contribution is 5.96. The summed E-state index contributed by atoms with van der Waals surface area (Å²) < 4.78 is 0. The van der Waals surface area contributed by atoms with Gasteiger partial charge in [0.05, 0.1) is 12.5 Å². The summed E-state index contributed by atoms with van der Waals surface area (Å²) in [4.78, 5) is 71.9. The third kappa shape index (κ3) is 13.9. The van der Waals surface area contributed by atoms with Crippen LogP contribution in [0.15, 0.2) is 0 Å². The predicted molar refractivity (Wildman–Crippen MR) is 126 cm³/mol. The van der Waals surface area contributed by atoms with Crippen molar-refractivity contribution in [2.45, 2.75) is 83.0 Å². The fourth-order valence-electron chi connectivity index (χ4n) is 3.12. The quantitative estimate of drug-likeness (QED) is 0.0898. The zero-order valence-corrected chi connectivity index (χ0v) is 20.2. The first-order chi connectivity index (χ1) is 16.3. The van der Waals surface area contributed by atoms with Crippen LogP contribution in [-0.2, 0) is 28.8 Å². The molecular formula is C21H39N7O7. The Labute approximate surface area is 204 Å². The van der Waals surface area contributed by atoms with E-state index in [0.29, 0.717) is 19.4 Å². The molecule has 0 aromatic carbocycles. The number of unbranched alkanes of at least 4 members (excludes halogenated alkanes) is 1. The van der Waals surface area contributed by atoms with E-state index in [9.17, 15) is 33.9 Å². The summed E-state index contributed by atoms with van der Waals surface area (Å²) in [6, 6.07) is -4.94. The van der Waals surface area contributed by atoms with E-state index in [1.54, 1.807) is 13.8 Å². The number of rotatable bonds is 18. The van der Waals surface area contributed by atoms with Gasteiger partial charge in [0.25, 0.3) is 0 Å². The highest BCUT2D eigenvalue weighted by atomic mass is 16.4.